The minimum Gasteiger partial charge on any atom is -0.320 e. The Morgan fingerprint density at radius 2 is 1.95 bits per heavy atom. The van der Waals surface area contributed by atoms with E-state index in [0.29, 0.717) is 18.1 Å². The fourth-order valence-electron chi connectivity index (χ4n) is 1.71. The summed E-state index contributed by atoms with van der Waals surface area (Å²) in [5.41, 5.74) is 1.24. The Hall–Kier alpha value is -2.01. The topological polar surface area (TPSA) is 29.0 Å². The van der Waals surface area contributed by atoms with E-state index in [9.17, 15) is 8.78 Å². The maximum Gasteiger partial charge on any atom is 0.172 e. The van der Waals surface area contributed by atoms with Gasteiger partial charge in [-0.25, -0.2) is 18.7 Å². The van der Waals surface area contributed by atoms with Crippen LogP contribution in [0.15, 0.2) is 42.7 Å². The van der Waals surface area contributed by atoms with Gasteiger partial charge in [-0.2, -0.15) is 0 Å². The summed E-state index contributed by atoms with van der Waals surface area (Å²) in [6.45, 7) is 6.00. The predicted molar refractivity (Wildman–Crippen MR) is 75.2 cm³/mol. The second-order valence-corrected chi connectivity index (χ2v) is 4.67. The van der Waals surface area contributed by atoms with Gasteiger partial charge in [0, 0.05) is 30.7 Å². The van der Waals surface area contributed by atoms with Crippen molar-refractivity contribution in [2.45, 2.75) is 6.92 Å². The molecule has 0 atom stereocenters. The highest BCUT2D eigenvalue weighted by atomic mass is 35.5. The normalized spacial score (nSPS) is 10.4. The SMILES string of the molecule is C=C(C)CN(c1ccc(F)c(F)c1)c1nccnc1Cl. The number of aromatic nitrogens is 2. The van der Waals surface area contributed by atoms with Gasteiger partial charge in [-0.05, 0) is 19.1 Å². The average Bonchev–Trinajstić information content (AvgIpc) is 2.40. The van der Waals surface area contributed by atoms with Gasteiger partial charge in [0.2, 0.25) is 0 Å². The number of hydrogen-bond acceptors (Lipinski definition) is 3. The summed E-state index contributed by atoms with van der Waals surface area (Å²) in [7, 11) is 0. The number of halogens is 3. The molecule has 0 unspecified atom stereocenters. The molecule has 0 aliphatic rings. The Bertz CT molecular complexity index is 646. The Kier molecular flexibility index (Phi) is 4.29. The van der Waals surface area contributed by atoms with Crippen molar-refractivity contribution in [3.63, 3.8) is 0 Å². The molecule has 0 aliphatic heterocycles. The van der Waals surface area contributed by atoms with E-state index in [-0.39, 0.29) is 5.15 Å². The molecular weight excluding hydrogens is 284 g/mol. The molecule has 0 saturated carbocycles. The molecule has 0 bridgehead atoms. The fraction of sp³-hybridized carbons (Fsp3) is 0.143. The molecule has 104 valence electrons. The van der Waals surface area contributed by atoms with Crippen LogP contribution in [0, 0.1) is 11.6 Å². The maximum absolute atomic E-state index is 13.4. The molecule has 6 heteroatoms. The van der Waals surface area contributed by atoms with Crippen molar-refractivity contribution in [1.29, 1.82) is 0 Å². The van der Waals surface area contributed by atoms with Gasteiger partial charge in [0.1, 0.15) is 0 Å². The molecule has 0 fully saturated rings. The monoisotopic (exact) mass is 295 g/mol. The summed E-state index contributed by atoms with van der Waals surface area (Å²) in [6, 6.07) is 3.59. The van der Waals surface area contributed by atoms with E-state index in [1.54, 1.807) is 4.90 Å². The number of rotatable bonds is 4. The highest BCUT2D eigenvalue weighted by Crippen LogP contribution is 2.29. The van der Waals surface area contributed by atoms with E-state index >= 15 is 0 Å². The van der Waals surface area contributed by atoms with Crippen molar-refractivity contribution in [3.8, 4) is 0 Å². The first kappa shape index (κ1) is 14.4. The van der Waals surface area contributed by atoms with Gasteiger partial charge in [-0.15, -0.1) is 0 Å². The zero-order valence-electron chi connectivity index (χ0n) is 10.8. The van der Waals surface area contributed by atoms with Crippen molar-refractivity contribution < 1.29 is 8.78 Å². The molecule has 1 aromatic carbocycles. The third kappa shape index (κ3) is 3.11. The van der Waals surface area contributed by atoms with Crippen LogP contribution in [-0.2, 0) is 0 Å². The number of anilines is 2. The van der Waals surface area contributed by atoms with Crippen molar-refractivity contribution in [2.24, 2.45) is 0 Å². The predicted octanol–water partition coefficient (Wildman–Crippen LogP) is 4.12. The molecule has 0 radical (unpaired) electrons. The van der Waals surface area contributed by atoms with E-state index in [0.717, 1.165) is 17.7 Å². The summed E-state index contributed by atoms with van der Waals surface area (Å²) in [4.78, 5) is 9.70. The van der Waals surface area contributed by atoms with Gasteiger partial charge in [0.05, 0.1) is 0 Å². The van der Waals surface area contributed by atoms with Crippen LogP contribution in [0.2, 0.25) is 5.15 Å². The number of nitrogens with zero attached hydrogens (tertiary/aromatic N) is 3. The van der Waals surface area contributed by atoms with Crippen molar-refractivity contribution >= 4 is 23.1 Å². The van der Waals surface area contributed by atoms with Crippen LogP contribution in [0.3, 0.4) is 0 Å². The molecule has 2 aromatic rings. The Labute approximate surface area is 120 Å². The number of benzene rings is 1. The molecule has 1 heterocycles. The Balaban J connectivity index is 2.50. The first-order valence-corrected chi connectivity index (χ1v) is 6.20. The summed E-state index contributed by atoms with van der Waals surface area (Å²) in [6.07, 6.45) is 2.93. The quantitative estimate of drug-likeness (QED) is 0.794. The summed E-state index contributed by atoms with van der Waals surface area (Å²) in [5, 5.41) is 0.179. The summed E-state index contributed by atoms with van der Waals surface area (Å²) < 4.78 is 26.4. The van der Waals surface area contributed by atoms with Crippen molar-refractivity contribution in [3.05, 3.63) is 59.5 Å². The van der Waals surface area contributed by atoms with Gasteiger partial charge in [-0.3, -0.25) is 0 Å². The molecule has 0 spiro atoms. The molecule has 1 aromatic heterocycles. The second kappa shape index (κ2) is 5.96. The fourth-order valence-corrected chi connectivity index (χ4v) is 1.91. The molecular formula is C14H12ClF2N3. The lowest BCUT2D eigenvalue weighted by Gasteiger charge is -2.24. The van der Waals surface area contributed by atoms with E-state index in [2.05, 4.69) is 16.5 Å². The van der Waals surface area contributed by atoms with Gasteiger partial charge in [-0.1, -0.05) is 23.8 Å². The van der Waals surface area contributed by atoms with E-state index in [1.165, 1.54) is 18.5 Å². The molecule has 0 aliphatic carbocycles. The highest BCUT2D eigenvalue weighted by molar-refractivity contribution is 6.31. The van der Waals surface area contributed by atoms with Gasteiger partial charge in [0.25, 0.3) is 0 Å². The minimum atomic E-state index is -0.936. The Morgan fingerprint density at radius 1 is 1.25 bits per heavy atom. The zero-order chi connectivity index (χ0) is 14.7. The second-order valence-electron chi connectivity index (χ2n) is 4.31. The standard InChI is InChI=1S/C14H12ClF2N3/c1-9(2)8-20(14-13(15)18-5-6-19-14)10-3-4-11(16)12(17)7-10/h3-7H,1,8H2,2H3. The third-order valence-corrected chi connectivity index (χ3v) is 2.80. The molecule has 0 amide bonds. The lowest BCUT2D eigenvalue weighted by Crippen LogP contribution is -2.21. The highest BCUT2D eigenvalue weighted by Gasteiger charge is 2.16. The molecule has 2 rings (SSSR count). The summed E-state index contributed by atoms with van der Waals surface area (Å²) >= 11 is 6.01. The van der Waals surface area contributed by atoms with E-state index in [1.807, 2.05) is 6.92 Å². The lowest BCUT2D eigenvalue weighted by molar-refractivity contribution is 0.508. The maximum atomic E-state index is 13.4. The van der Waals surface area contributed by atoms with Crippen molar-refractivity contribution in [1.82, 2.24) is 9.97 Å². The smallest absolute Gasteiger partial charge is 0.172 e. The molecule has 3 nitrogen and oxygen atoms in total. The largest absolute Gasteiger partial charge is 0.320 e. The van der Waals surface area contributed by atoms with E-state index < -0.39 is 11.6 Å². The van der Waals surface area contributed by atoms with Crippen LogP contribution in [-0.4, -0.2) is 16.5 Å². The van der Waals surface area contributed by atoms with E-state index in [4.69, 9.17) is 11.6 Å². The van der Waals surface area contributed by atoms with Gasteiger partial charge < -0.3 is 4.90 Å². The van der Waals surface area contributed by atoms with Crippen LogP contribution in [0.25, 0.3) is 0 Å². The van der Waals surface area contributed by atoms with Crippen molar-refractivity contribution in [2.75, 3.05) is 11.4 Å². The summed E-state index contributed by atoms with van der Waals surface area (Å²) in [5.74, 6) is -1.48. The lowest BCUT2D eigenvalue weighted by atomic mass is 10.2. The average molecular weight is 296 g/mol. The van der Waals surface area contributed by atoms with Crippen LogP contribution < -0.4 is 4.90 Å². The Morgan fingerprint density at radius 3 is 2.55 bits per heavy atom. The van der Waals surface area contributed by atoms with Crippen LogP contribution in [0.5, 0.6) is 0 Å². The van der Waals surface area contributed by atoms with Crippen LogP contribution in [0.1, 0.15) is 6.92 Å². The molecule has 20 heavy (non-hydrogen) atoms. The number of hydrogen-bond donors (Lipinski definition) is 0. The molecule has 0 saturated heterocycles. The van der Waals surface area contributed by atoms with Gasteiger partial charge >= 0.3 is 0 Å². The van der Waals surface area contributed by atoms with Crippen LogP contribution >= 0.6 is 11.6 Å². The van der Waals surface area contributed by atoms with Crippen LogP contribution in [0.4, 0.5) is 20.3 Å². The molecule has 0 N–H and O–H groups in total. The third-order valence-electron chi connectivity index (χ3n) is 2.53. The first-order chi connectivity index (χ1) is 9.49. The van der Waals surface area contributed by atoms with Gasteiger partial charge in [0.15, 0.2) is 22.6 Å². The zero-order valence-corrected chi connectivity index (χ0v) is 11.5. The first-order valence-electron chi connectivity index (χ1n) is 5.82. The minimum absolute atomic E-state index is 0.179.